The maximum atomic E-state index is 13.0. The number of likely N-dealkylation sites (N-methyl/N-ethyl adjacent to an activating group) is 1. The van der Waals surface area contributed by atoms with Crippen molar-refractivity contribution in [3.63, 3.8) is 0 Å². The average Bonchev–Trinajstić information content (AvgIpc) is 2.23. The monoisotopic (exact) mass is 229 g/mol. The van der Waals surface area contributed by atoms with E-state index in [0.717, 1.165) is 6.07 Å². The SMILES string of the molecule is CNC(COC(C)C)c1ccc(F)c(F)c1. The quantitative estimate of drug-likeness (QED) is 0.838. The van der Waals surface area contributed by atoms with Gasteiger partial charge >= 0.3 is 0 Å². The maximum Gasteiger partial charge on any atom is 0.159 e. The number of halogens is 2. The predicted octanol–water partition coefficient (Wildman–Crippen LogP) is 2.65. The predicted molar refractivity (Wildman–Crippen MR) is 59.2 cm³/mol. The van der Waals surface area contributed by atoms with Gasteiger partial charge in [0.2, 0.25) is 0 Å². The number of benzene rings is 1. The lowest BCUT2D eigenvalue weighted by molar-refractivity contribution is 0.0625. The van der Waals surface area contributed by atoms with Crippen LogP contribution in [0, 0.1) is 11.6 Å². The van der Waals surface area contributed by atoms with Gasteiger partial charge < -0.3 is 10.1 Å². The first-order chi connectivity index (χ1) is 7.54. The molecular formula is C12H17F2NO. The second-order valence-electron chi connectivity index (χ2n) is 3.90. The Morgan fingerprint density at radius 2 is 1.94 bits per heavy atom. The number of rotatable bonds is 5. The highest BCUT2D eigenvalue weighted by Gasteiger charge is 2.12. The molecule has 1 rings (SSSR count). The van der Waals surface area contributed by atoms with Crippen molar-refractivity contribution >= 4 is 0 Å². The number of nitrogens with one attached hydrogen (secondary N) is 1. The second kappa shape index (κ2) is 5.92. The highest BCUT2D eigenvalue weighted by atomic mass is 19.2. The van der Waals surface area contributed by atoms with Crippen LogP contribution in [0.25, 0.3) is 0 Å². The molecule has 0 radical (unpaired) electrons. The fourth-order valence-electron chi connectivity index (χ4n) is 1.36. The van der Waals surface area contributed by atoms with E-state index in [1.54, 1.807) is 13.1 Å². The molecule has 0 aliphatic carbocycles. The van der Waals surface area contributed by atoms with Crippen LogP contribution in [0.5, 0.6) is 0 Å². The zero-order valence-electron chi connectivity index (χ0n) is 9.76. The topological polar surface area (TPSA) is 21.3 Å². The third kappa shape index (κ3) is 3.54. The minimum Gasteiger partial charge on any atom is -0.377 e. The molecule has 0 saturated heterocycles. The highest BCUT2D eigenvalue weighted by Crippen LogP contribution is 2.16. The van der Waals surface area contributed by atoms with Gasteiger partial charge in [-0.05, 0) is 38.6 Å². The fraction of sp³-hybridized carbons (Fsp3) is 0.500. The van der Waals surface area contributed by atoms with Crippen LogP contribution in [0.1, 0.15) is 25.5 Å². The van der Waals surface area contributed by atoms with Crippen LogP contribution in [-0.4, -0.2) is 19.8 Å². The van der Waals surface area contributed by atoms with E-state index in [1.165, 1.54) is 6.07 Å². The molecule has 1 aromatic carbocycles. The molecule has 1 atom stereocenters. The average molecular weight is 229 g/mol. The molecular weight excluding hydrogens is 212 g/mol. The molecule has 1 N–H and O–H groups in total. The molecule has 1 unspecified atom stereocenters. The molecule has 0 heterocycles. The highest BCUT2D eigenvalue weighted by molar-refractivity contribution is 5.21. The zero-order chi connectivity index (χ0) is 12.1. The first-order valence-corrected chi connectivity index (χ1v) is 5.28. The Balaban J connectivity index is 2.74. The summed E-state index contributed by atoms with van der Waals surface area (Å²) in [6.45, 7) is 4.29. The van der Waals surface area contributed by atoms with Crippen LogP contribution in [0.15, 0.2) is 18.2 Å². The molecule has 0 fully saturated rings. The van der Waals surface area contributed by atoms with E-state index in [4.69, 9.17) is 4.74 Å². The van der Waals surface area contributed by atoms with Crippen LogP contribution in [-0.2, 0) is 4.74 Å². The third-order valence-corrected chi connectivity index (χ3v) is 2.29. The summed E-state index contributed by atoms with van der Waals surface area (Å²) in [6, 6.07) is 3.76. The normalized spacial score (nSPS) is 13.1. The molecule has 90 valence electrons. The molecule has 0 aromatic heterocycles. The standard InChI is InChI=1S/C12H17F2NO/c1-8(2)16-7-12(15-3)9-4-5-10(13)11(14)6-9/h4-6,8,12,15H,7H2,1-3H3. The smallest absolute Gasteiger partial charge is 0.159 e. The van der Waals surface area contributed by atoms with E-state index in [0.29, 0.717) is 12.2 Å². The van der Waals surface area contributed by atoms with Crippen molar-refractivity contribution in [1.82, 2.24) is 5.32 Å². The van der Waals surface area contributed by atoms with Crippen molar-refractivity contribution in [3.05, 3.63) is 35.4 Å². The van der Waals surface area contributed by atoms with Gasteiger partial charge in [-0.25, -0.2) is 8.78 Å². The molecule has 0 amide bonds. The van der Waals surface area contributed by atoms with Gasteiger partial charge in [-0.2, -0.15) is 0 Å². The molecule has 0 saturated carbocycles. The minimum absolute atomic E-state index is 0.112. The third-order valence-electron chi connectivity index (χ3n) is 2.29. The molecule has 0 spiro atoms. The summed E-state index contributed by atoms with van der Waals surface area (Å²) < 4.78 is 31.2. The molecule has 0 aliphatic heterocycles. The van der Waals surface area contributed by atoms with Crippen LogP contribution < -0.4 is 5.32 Å². The number of ether oxygens (including phenoxy) is 1. The summed E-state index contributed by atoms with van der Waals surface area (Å²) in [5.74, 6) is -1.66. The molecule has 0 bridgehead atoms. The molecule has 2 nitrogen and oxygen atoms in total. The van der Waals surface area contributed by atoms with Crippen LogP contribution in [0.2, 0.25) is 0 Å². The first kappa shape index (κ1) is 13.1. The van der Waals surface area contributed by atoms with Crippen molar-refractivity contribution in [2.45, 2.75) is 26.0 Å². The summed E-state index contributed by atoms with van der Waals surface area (Å²) in [5, 5.41) is 3.01. The second-order valence-corrected chi connectivity index (χ2v) is 3.90. The van der Waals surface area contributed by atoms with Gasteiger partial charge in [0.15, 0.2) is 11.6 Å². The van der Waals surface area contributed by atoms with E-state index < -0.39 is 11.6 Å². The molecule has 0 aliphatic rings. The van der Waals surface area contributed by atoms with Gasteiger partial charge in [0.25, 0.3) is 0 Å². The number of hydrogen-bond acceptors (Lipinski definition) is 2. The van der Waals surface area contributed by atoms with Crippen LogP contribution in [0.3, 0.4) is 0 Å². The Morgan fingerprint density at radius 1 is 1.25 bits per heavy atom. The van der Waals surface area contributed by atoms with Crippen LogP contribution in [0.4, 0.5) is 8.78 Å². The minimum atomic E-state index is -0.831. The van der Waals surface area contributed by atoms with E-state index in [1.807, 2.05) is 13.8 Å². The van der Waals surface area contributed by atoms with E-state index in [-0.39, 0.29) is 12.1 Å². The Labute approximate surface area is 94.6 Å². The van der Waals surface area contributed by atoms with Crippen molar-refractivity contribution in [2.75, 3.05) is 13.7 Å². The van der Waals surface area contributed by atoms with Crippen molar-refractivity contribution in [1.29, 1.82) is 0 Å². The van der Waals surface area contributed by atoms with E-state index >= 15 is 0 Å². The van der Waals surface area contributed by atoms with Gasteiger partial charge in [-0.15, -0.1) is 0 Å². The summed E-state index contributed by atoms with van der Waals surface area (Å²) in [7, 11) is 1.76. The van der Waals surface area contributed by atoms with E-state index in [9.17, 15) is 8.78 Å². The largest absolute Gasteiger partial charge is 0.377 e. The lowest BCUT2D eigenvalue weighted by atomic mass is 10.1. The number of hydrogen-bond donors (Lipinski definition) is 1. The van der Waals surface area contributed by atoms with Crippen molar-refractivity contribution < 1.29 is 13.5 Å². The maximum absolute atomic E-state index is 13.0. The Hall–Kier alpha value is -1.00. The first-order valence-electron chi connectivity index (χ1n) is 5.28. The molecule has 16 heavy (non-hydrogen) atoms. The Bertz CT molecular complexity index is 342. The lowest BCUT2D eigenvalue weighted by Crippen LogP contribution is -2.23. The van der Waals surface area contributed by atoms with Crippen molar-refractivity contribution in [3.8, 4) is 0 Å². The Morgan fingerprint density at radius 3 is 2.44 bits per heavy atom. The van der Waals surface area contributed by atoms with Gasteiger partial charge in [0.05, 0.1) is 18.8 Å². The lowest BCUT2D eigenvalue weighted by Gasteiger charge is -2.18. The van der Waals surface area contributed by atoms with E-state index in [2.05, 4.69) is 5.32 Å². The van der Waals surface area contributed by atoms with Gasteiger partial charge in [0, 0.05) is 0 Å². The summed E-state index contributed by atoms with van der Waals surface area (Å²) in [5.41, 5.74) is 0.682. The summed E-state index contributed by atoms with van der Waals surface area (Å²) in [4.78, 5) is 0. The fourth-order valence-corrected chi connectivity index (χ4v) is 1.36. The van der Waals surface area contributed by atoms with Crippen molar-refractivity contribution in [2.24, 2.45) is 0 Å². The summed E-state index contributed by atoms with van der Waals surface area (Å²) in [6.07, 6.45) is 0.112. The Kier molecular flexibility index (Phi) is 4.83. The molecule has 1 aromatic rings. The summed E-state index contributed by atoms with van der Waals surface area (Å²) >= 11 is 0. The molecule has 4 heteroatoms. The van der Waals surface area contributed by atoms with Crippen LogP contribution >= 0.6 is 0 Å². The van der Waals surface area contributed by atoms with Gasteiger partial charge in [-0.3, -0.25) is 0 Å². The zero-order valence-corrected chi connectivity index (χ0v) is 9.76. The van der Waals surface area contributed by atoms with Gasteiger partial charge in [0.1, 0.15) is 0 Å². The van der Waals surface area contributed by atoms with Gasteiger partial charge in [-0.1, -0.05) is 6.07 Å².